The topological polar surface area (TPSA) is 56.5 Å². The van der Waals surface area contributed by atoms with E-state index in [4.69, 9.17) is 16.3 Å². The number of carbonyl (C=O) groups excluding carboxylic acids is 1. The Morgan fingerprint density at radius 3 is 2.95 bits per heavy atom. The highest BCUT2D eigenvalue weighted by Gasteiger charge is 2.23. The molecule has 0 N–H and O–H groups in total. The molecule has 0 aliphatic heterocycles. The second-order valence-electron chi connectivity index (χ2n) is 4.45. The molecule has 2 heterocycles. The fraction of sp³-hybridized carbons (Fsp3) is 0.133. The highest BCUT2D eigenvalue weighted by atomic mass is 35.5. The molecule has 0 aliphatic rings. The Morgan fingerprint density at radius 2 is 2.23 bits per heavy atom. The van der Waals surface area contributed by atoms with Crippen molar-refractivity contribution < 1.29 is 13.9 Å². The molecule has 0 spiro atoms. The van der Waals surface area contributed by atoms with Gasteiger partial charge in [0.25, 0.3) is 0 Å². The lowest BCUT2D eigenvalue weighted by Crippen LogP contribution is -2.07. The van der Waals surface area contributed by atoms with Crippen molar-refractivity contribution in [3.05, 3.63) is 53.3 Å². The highest BCUT2D eigenvalue weighted by molar-refractivity contribution is 6.28. The van der Waals surface area contributed by atoms with Crippen LogP contribution in [0.4, 0.5) is 4.39 Å². The Hall–Kier alpha value is -2.47. The van der Waals surface area contributed by atoms with Crippen LogP contribution < -0.4 is 0 Å². The number of benzene rings is 1. The molecule has 0 amide bonds. The van der Waals surface area contributed by atoms with E-state index in [1.165, 1.54) is 22.7 Å². The Bertz CT molecular complexity index is 863. The molecule has 7 heteroatoms. The van der Waals surface area contributed by atoms with Crippen molar-refractivity contribution in [3.8, 4) is 11.3 Å². The van der Waals surface area contributed by atoms with Crippen LogP contribution in [-0.4, -0.2) is 26.9 Å². The van der Waals surface area contributed by atoms with Crippen LogP contribution >= 0.6 is 11.6 Å². The predicted octanol–water partition coefficient (Wildman–Crippen LogP) is 3.37. The summed E-state index contributed by atoms with van der Waals surface area (Å²) in [5.74, 6) is -1.02. The molecule has 1 aromatic carbocycles. The third-order valence-corrected chi connectivity index (χ3v) is 3.33. The molecule has 0 radical (unpaired) electrons. The Morgan fingerprint density at radius 1 is 1.41 bits per heavy atom. The quantitative estimate of drug-likeness (QED) is 0.548. The zero-order chi connectivity index (χ0) is 15.7. The lowest BCUT2D eigenvalue weighted by molar-refractivity contribution is 0.0521. The number of imidazole rings is 1. The molecule has 0 atom stereocenters. The third kappa shape index (κ3) is 2.42. The van der Waals surface area contributed by atoms with E-state index in [0.717, 1.165) is 0 Å². The normalized spacial score (nSPS) is 10.9. The first-order valence-electron chi connectivity index (χ1n) is 6.58. The largest absolute Gasteiger partial charge is 0.461 e. The highest BCUT2D eigenvalue weighted by Crippen LogP contribution is 2.28. The average Bonchev–Trinajstić information content (AvgIpc) is 2.88. The summed E-state index contributed by atoms with van der Waals surface area (Å²) in [6, 6.07) is 7.44. The monoisotopic (exact) mass is 319 g/mol. The number of nitrogens with zero attached hydrogens (tertiary/aromatic N) is 3. The molecule has 22 heavy (non-hydrogen) atoms. The molecule has 112 valence electrons. The van der Waals surface area contributed by atoms with Crippen LogP contribution in [0.15, 0.2) is 36.5 Å². The second kappa shape index (κ2) is 5.73. The zero-order valence-corrected chi connectivity index (χ0v) is 12.3. The van der Waals surface area contributed by atoms with Gasteiger partial charge < -0.3 is 4.74 Å². The Balaban J connectivity index is 2.33. The molecule has 0 saturated carbocycles. The average molecular weight is 320 g/mol. The van der Waals surface area contributed by atoms with E-state index >= 15 is 0 Å². The van der Waals surface area contributed by atoms with Gasteiger partial charge in [0, 0.05) is 11.8 Å². The van der Waals surface area contributed by atoms with E-state index in [1.807, 2.05) is 0 Å². The minimum atomic E-state index is -0.596. The first-order chi connectivity index (χ1) is 10.6. The van der Waals surface area contributed by atoms with Crippen molar-refractivity contribution in [1.29, 1.82) is 0 Å². The van der Waals surface area contributed by atoms with Crippen molar-refractivity contribution in [1.82, 2.24) is 14.4 Å². The first kappa shape index (κ1) is 14.5. The van der Waals surface area contributed by atoms with Gasteiger partial charge in [-0.3, -0.25) is 4.40 Å². The summed E-state index contributed by atoms with van der Waals surface area (Å²) in [7, 11) is 0. The molecular formula is C15H11ClFN3O2. The summed E-state index contributed by atoms with van der Waals surface area (Å²) < 4.78 is 20.1. The maximum Gasteiger partial charge on any atom is 0.359 e. The van der Waals surface area contributed by atoms with Crippen LogP contribution in [0.5, 0.6) is 0 Å². The number of esters is 1. The molecule has 0 saturated heterocycles. The summed E-state index contributed by atoms with van der Waals surface area (Å²) >= 11 is 6.11. The van der Waals surface area contributed by atoms with Crippen molar-refractivity contribution in [2.24, 2.45) is 0 Å². The second-order valence-corrected chi connectivity index (χ2v) is 4.79. The van der Waals surface area contributed by atoms with Crippen LogP contribution in [0.3, 0.4) is 0 Å². The molecule has 0 unspecified atom stereocenters. The number of halogens is 2. The SMILES string of the molecule is CCOC(=O)c1nc2ccnc(Cl)n2c1-c1cccc(F)c1. The number of rotatable bonds is 3. The molecule has 0 fully saturated rings. The minimum Gasteiger partial charge on any atom is -0.461 e. The number of aromatic nitrogens is 3. The van der Waals surface area contributed by atoms with Crippen LogP contribution in [0.1, 0.15) is 17.4 Å². The summed E-state index contributed by atoms with van der Waals surface area (Å²) in [6.07, 6.45) is 1.48. The van der Waals surface area contributed by atoms with E-state index < -0.39 is 11.8 Å². The van der Waals surface area contributed by atoms with Crippen LogP contribution in [0.2, 0.25) is 5.28 Å². The number of carbonyl (C=O) groups is 1. The maximum atomic E-state index is 13.5. The fourth-order valence-electron chi connectivity index (χ4n) is 2.20. The molecule has 3 aromatic rings. The van der Waals surface area contributed by atoms with Gasteiger partial charge >= 0.3 is 5.97 Å². The van der Waals surface area contributed by atoms with Gasteiger partial charge in [-0.1, -0.05) is 12.1 Å². The van der Waals surface area contributed by atoms with Gasteiger partial charge in [-0.15, -0.1) is 0 Å². The molecule has 0 aliphatic carbocycles. The minimum absolute atomic E-state index is 0.0716. The smallest absolute Gasteiger partial charge is 0.359 e. The zero-order valence-electron chi connectivity index (χ0n) is 11.6. The number of hydrogen-bond acceptors (Lipinski definition) is 4. The molecule has 3 rings (SSSR count). The van der Waals surface area contributed by atoms with Gasteiger partial charge in [0.05, 0.1) is 12.3 Å². The van der Waals surface area contributed by atoms with Crippen molar-refractivity contribution in [2.45, 2.75) is 6.92 Å². The third-order valence-electron chi connectivity index (χ3n) is 3.06. The number of fused-ring (bicyclic) bond motifs is 1. The van der Waals surface area contributed by atoms with Gasteiger partial charge in [0.2, 0.25) is 5.28 Å². The Labute approximate surface area is 130 Å². The number of hydrogen-bond donors (Lipinski definition) is 0. The standard InChI is InChI=1S/C15H11ClFN3O2/c1-2-22-14(21)12-13(9-4-3-5-10(17)8-9)20-11(19-12)6-7-18-15(20)16/h3-8H,2H2,1H3. The van der Waals surface area contributed by atoms with Gasteiger partial charge in [-0.05, 0) is 36.7 Å². The van der Waals surface area contributed by atoms with E-state index in [-0.39, 0.29) is 17.6 Å². The van der Waals surface area contributed by atoms with Gasteiger partial charge in [-0.25, -0.2) is 19.2 Å². The fourth-order valence-corrected chi connectivity index (χ4v) is 2.43. The van der Waals surface area contributed by atoms with E-state index in [0.29, 0.717) is 16.9 Å². The lowest BCUT2D eigenvalue weighted by atomic mass is 10.1. The van der Waals surface area contributed by atoms with E-state index in [2.05, 4.69) is 9.97 Å². The van der Waals surface area contributed by atoms with Crippen LogP contribution in [-0.2, 0) is 4.74 Å². The predicted molar refractivity (Wildman–Crippen MR) is 79.3 cm³/mol. The van der Waals surface area contributed by atoms with Gasteiger partial charge in [0.15, 0.2) is 5.69 Å². The van der Waals surface area contributed by atoms with Crippen molar-refractivity contribution in [3.63, 3.8) is 0 Å². The molecule has 5 nitrogen and oxygen atoms in total. The van der Waals surface area contributed by atoms with Gasteiger partial charge in [-0.2, -0.15) is 0 Å². The molecule has 0 bridgehead atoms. The van der Waals surface area contributed by atoms with Crippen molar-refractivity contribution >= 4 is 23.2 Å². The Kier molecular flexibility index (Phi) is 3.77. The summed E-state index contributed by atoms with van der Waals surface area (Å²) in [5, 5.41) is 0.125. The summed E-state index contributed by atoms with van der Waals surface area (Å²) in [6.45, 7) is 1.91. The van der Waals surface area contributed by atoms with Crippen LogP contribution in [0.25, 0.3) is 16.9 Å². The number of ether oxygens (including phenoxy) is 1. The molecule has 2 aromatic heterocycles. The summed E-state index contributed by atoms with van der Waals surface area (Å²) in [5.41, 5.74) is 1.32. The lowest BCUT2D eigenvalue weighted by Gasteiger charge is -2.06. The maximum absolute atomic E-state index is 13.5. The van der Waals surface area contributed by atoms with E-state index in [9.17, 15) is 9.18 Å². The van der Waals surface area contributed by atoms with Crippen LogP contribution in [0, 0.1) is 5.82 Å². The first-order valence-corrected chi connectivity index (χ1v) is 6.95. The molecular weight excluding hydrogens is 309 g/mol. The van der Waals surface area contributed by atoms with E-state index in [1.54, 1.807) is 25.1 Å². The summed E-state index contributed by atoms with van der Waals surface area (Å²) in [4.78, 5) is 20.4. The van der Waals surface area contributed by atoms with Crippen molar-refractivity contribution in [2.75, 3.05) is 6.61 Å². The van der Waals surface area contributed by atoms with Gasteiger partial charge in [0.1, 0.15) is 11.5 Å².